The van der Waals surface area contributed by atoms with Gasteiger partial charge in [0.2, 0.25) is 0 Å². The molecule has 5 nitrogen and oxygen atoms in total. The van der Waals surface area contributed by atoms with Crippen molar-refractivity contribution in [3.8, 4) is 0 Å². The van der Waals surface area contributed by atoms with Crippen molar-refractivity contribution in [3.05, 3.63) is 0 Å². The average molecular weight is 203 g/mol. The first-order valence-electron chi connectivity index (χ1n) is 4.92. The molecule has 0 aromatic heterocycles. The van der Waals surface area contributed by atoms with Crippen LogP contribution in [0.1, 0.15) is 13.8 Å². The summed E-state index contributed by atoms with van der Waals surface area (Å²) in [5.41, 5.74) is 0. The molecule has 0 unspecified atom stereocenters. The Morgan fingerprint density at radius 2 is 1.50 bits per heavy atom. The summed E-state index contributed by atoms with van der Waals surface area (Å²) in [7, 11) is 0. The summed E-state index contributed by atoms with van der Waals surface area (Å²) in [5, 5.41) is 22.4. The lowest BCUT2D eigenvalue weighted by molar-refractivity contribution is -0.162. The van der Waals surface area contributed by atoms with E-state index in [1.54, 1.807) is 13.8 Å². The van der Waals surface area contributed by atoms with E-state index < -0.39 is 30.2 Å². The van der Waals surface area contributed by atoms with Crippen molar-refractivity contribution in [3.63, 3.8) is 0 Å². The predicted molar refractivity (Wildman–Crippen MR) is 48.7 cm³/mol. The Bertz CT molecular complexity index is 201. The second kappa shape index (κ2) is 3.43. The van der Waals surface area contributed by atoms with Gasteiger partial charge in [0.25, 0.3) is 0 Å². The summed E-state index contributed by atoms with van der Waals surface area (Å²) < 4.78 is 11.1. The van der Waals surface area contributed by atoms with Crippen LogP contribution >= 0.6 is 0 Å². The minimum atomic E-state index is -0.714. The van der Waals surface area contributed by atoms with E-state index in [9.17, 15) is 10.2 Å². The second-order valence-electron chi connectivity index (χ2n) is 4.36. The van der Waals surface area contributed by atoms with Crippen molar-refractivity contribution in [1.29, 1.82) is 0 Å². The molecule has 0 spiro atoms. The van der Waals surface area contributed by atoms with Gasteiger partial charge in [-0.25, -0.2) is 0 Å². The van der Waals surface area contributed by atoms with Gasteiger partial charge in [-0.3, -0.25) is 0 Å². The largest absolute Gasteiger partial charge is 0.389 e. The SMILES string of the molecule is CC1(C)O[C@H]2[C@H](O1)[C@@H](O)CNC[C@H]2O. The molecule has 2 aliphatic rings. The van der Waals surface area contributed by atoms with Crippen LogP contribution in [0.15, 0.2) is 0 Å². The molecule has 14 heavy (non-hydrogen) atoms. The standard InChI is InChI=1S/C9H17NO4/c1-9(2)13-7-5(11)3-10-4-6(12)8(7)14-9/h5-8,10-12H,3-4H2,1-2H3/t5-,6+,7-,8-/m1/s1. The highest BCUT2D eigenvalue weighted by Gasteiger charge is 2.48. The van der Waals surface area contributed by atoms with Gasteiger partial charge in [0.1, 0.15) is 12.2 Å². The van der Waals surface area contributed by atoms with Crippen LogP contribution in [0.4, 0.5) is 0 Å². The predicted octanol–water partition coefficient (Wildman–Crippen LogP) is -1.17. The van der Waals surface area contributed by atoms with Gasteiger partial charge in [-0.15, -0.1) is 0 Å². The number of aliphatic hydroxyl groups is 2. The summed E-state index contributed by atoms with van der Waals surface area (Å²) in [6, 6.07) is 0. The summed E-state index contributed by atoms with van der Waals surface area (Å²) >= 11 is 0. The van der Waals surface area contributed by atoms with E-state index in [0.29, 0.717) is 13.1 Å². The highest BCUT2D eigenvalue weighted by atomic mass is 16.8. The van der Waals surface area contributed by atoms with Crippen LogP contribution in [0.2, 0.25) is 0 Å². The van der Waals surface area contributed by atoms with Gasteiger partial charge in [-0.2, -0.15) is 0 Å². The number of hydrogen-bond donors (Lipinski definition) is 3. The van der Waals surface area contributed by atoms with Gasteiger partial charge in [0.15, 0.2) is 5.79 Å². The molecule has 0 aliphatic carbocycles. The molecule has 0 amide bonds. The van der Waals surface area contributed by atoms with Crippen LogP contribution in [0.25, 0.3) is 0 Å². The van der Waals surface area contributed by atoms with Crippen LogP contribution in [0.3, 0.4) is 0 Å². The van der Waals surface area contributed by atoms with Gasteiger partial charge < -0.3 is 25.0 Å². The zero-order chi connectivity index (χ0) is 10.3. The van der Waals surface area contributed by atoms with Crippen molar-refractivity contribution >= 4 is 0 Å². The van der Waals surface area contributed by atoms with E-state index in [1.165, 1.54) is 0 Å². The molecule has 0 aromatic carbocycles. The maximum Gasteiger partial charge on any atom is 0.164 e. The monoisotopic (exact) mass is 203 g/mol. The third-order valence-corrected chi connectivity index (χ3v) is 2.63. The van der Waals surface area contributed by atoms with E-state index in [4.69, 9.17) is 9.47 Å². The Morgan fingerprint density at radius 3 is 1.93 bits per heavy atom. The lowest BCUT2D eigenvalue weighted by Crippen LogP contribution is -2.41. The molecule has 0 saturated carbocycles. The maximum absolute atomic E-state index is 9.73. The molecular weight excluding hydrogens is 186 g/mol. The fourth-order valence-corrected chi connectivity index (χ4v) is 2.02. The first kappa shape index (κ1) is 10.3. The van der Waals surface area contributed by atoms with E-state index in [0.717, 1.165) is 0 Å². The van der Waals surface area contributed by atoms with Crippen LogP contribution in [-0.2, 0) is 9.47 Å². The Kier molecular flexibility index (Phi) is 2.53. The molecule has 0 radical (unpaired) electrons. The molecule has 5 heteroatoms. The van der Waals surface area contributed by atoms with Gasteiger partial charge in [-0.05, 0) is 13.8 Å². The normalized spacial score (nSPS) is 47.1. The summed E-state index contributed by atoms with van der Waals surface area (Å²) in [6.07, 6.45) is -2.12. The van der Waals surface area contributed by atoms with Crippen LogP contribution in [0, 0.1) is 0 Å². The van der Waals surface area contributed by atoms with E-state index in [1.807, 2.05) is 0 Å². The number of nitrogens with one attached hydrogen (secondary N) is 1. The lowest BCUT2D eigenvalue weighted by Gasteiger charge is -2.20. The minimum Gasteiger partial charge on any atom is -0.389 e. The first-order chi connectivity index (χ1) is 6.49. The molecule has 2 fully saturated rings. The fraction of sp³-hybridized carbons (Fsp3) is 1.00. The summed E-state index contributed by atoms with van der Waals surface area (Å²) in [4.78, 5) is 0. The number of ether oxygens (including phenoxy) is 2. The highest BCUT2D eigenvalue weighted by molar-refractivity contribution is 4.94. The average Bonchev–Trinajstić information content (AvgIpc) is 2.35. The Balaban J connectivity index is 2.16. The number of hydrogen-bond acceptors (Lipinski definition) is 5. The molecule has 2 saturated heterocycles. The van der Waals surface area contributed by atoms with Gasteiger partial charge >= 0.3 is 0 Å². The number of β-amino-alcohol motifs (C(OH)–C–C–N with tert-alkyl or cyclic N) is 2. The number of fused-ring (bicyclic) bond motifs is 1. The van der Waals surface area contributed by atoms with Crippen LogP contribution in [0.5, 0.6) is 0 Å². The zero-order valence-corrected chi connectivity index (χ0v) is 8.43. The van der Waals surface area contributed by atoms with E-state index in [2.05, 4.69) is 5.32 Å². The molecule has 2 aliphatic heterocycles. The summed E-state index contributed by atoms with van der Waals surface area (Å²) in [6.45, 7) is 4.43. The Hall–Kier alpha value is -0.200. The third kappa shape index (κ3) is 1.78. The first-order valence-corrected chi connectivity index (χ1v) is 4.92. The maximum atomic E-state index is 9.73. The molecule has 0 bridgehead atoms. The molecule has 4 atom stereocenters. The highest BCUT2D eigenvalue weighted by Crippen LogP contribution is 2.32. The smallest absolute Gasteiger partial charge is 0.164 e. The van der Waals surface area contributed by atoms with Crippen LogP contribution in [-0.4, -0.2) is 53.5 Å². The van der Waals surface area contributed by atoms with Gasteiger partial charge in [-0.1, -0.05) is 0 Å². The van der Waals surface area contributed by atoms with Crippen LogP contribution < -0.4 is 5.32 Å². The van der Waals surface area contributed by atoms with Crippen molar-refractivity contribution in [2.75, 3.05) is 13.1 Å². The summed E-state index contributed by atoms with van der Waals surface area (Å²) in [5.74, 6) is -0.714. The van der Waals surface area contributed by atoms with Gasteiger partial charge in [0.05, 0.1) is 12.2 Å². The number of rotatable bonds is 0. The Labute approximate surface area is 83.0 Å². The Morgan fingerprint density at radius 1 is 1.07 bits per heavy atom. The minimum absolute atomic E-state index is 0.428. The molecule has 82 valence electrons. The molecular formula is C9H17NO4. The van der Waals surface area contributed by atoms with Crippen molar-refractivity contribution in [1.82, 2.24) is 5.32 Å². The van der Waals surface area contributed by atoms with Crippen molar-refractivity contribution in [2.24, 2.45) is 0 Å². The molecule has 3 N–H and O–H groups in total. The topological polar surface area (TPSA) is 71.0 Å². The van der Waals surface area contributed by atoms with Crippen molar-refractivity contribution < 1.29 is 19.7 Å². The fourth-order valence-electron chi connectivity index (χ4n) is 2.02. The zero-order valence-electron chi connectivity index (χ0n) is 8.43. The number of aliphatic hydroxyl groups excluding tert-OH is 2. The molecule has 2 rings (SSSR count). The van der Waals surface area contributed by atoms with Gasteiger partial charge in [0, 0.05) is 13.1 Å². The molecule has 0 aromatic rings. The third-order valence-electron chi connectivity index (χ3n) is 2.63. The second-order valence-corrected chi connectivity index (χ2v) is 4.36. The van der Waals surface area contributed by atoms with Crippen molar-refractivity contribution in [2.45, 2.75) is 44.1 Å². The van der Waals surface area contributed by atoms with E-state index in [-0.39, 0.29) is 0 Å². The molecule has 2 heterocycles. The quantitative estimate of drug-likeness (QED) is 0.463. The lowest BCUT2D eigenvalue weighted by atomic mass is 10.1. The van der Waals surface area contributed by atoms with E-state index >= 15 is 0 Å².